The molecule has 25 heavy (non-hydrogen) atoms. The molecule has 1 aliphatic carbocycles. The lowest BCUT2D eigenvalue weighted by Crippen LogP contribution is -2.44. The summed E-state index contributed by atoms with van der Waals surface area (Å²) in [5, 5.41) is 25.7. The minimum Gasteiger partial charge on any atom is -0.380 e. The number of nitrogens with two attached hydrogens (primary N) is 1. The highest BCUT2D eigenvalue weighted by Crippen LogP contribution is 2.26. The first-order chi connectivity index (χ1) is 12.1. The summed E-state index contributed by atoms with van der Waals surface area (Å²) in [6, 6.07) is 7.41. The van der Waals surface area contributed by atoms with Crippen molar-refractivity contribution in [1.29, 1.82) is 5.26 Å². The molecule has 2 aromatic rings. The zero-order valence-electron chi connectivity index (χ0n) is 13.7. The lowest BCUT2D eigenvalue weighted by Gasteiger charge is -2.34. The Bertz CT molecular complexity index is 808. The zero-order chi connectivity index (χ0) is 17.8. The molecule has 9 nitrogen and oxygen atoms in total. The third-order valence-corrected chi connectivity index (χ3v) is 3.92. The molecule has 0 unspecified atom stereocenters. The Morgan fingerprint density at radius 1 is 1.36 bits per heavy atom. The SMILES string of the molecule is CNC(=O)c1nnc(Nc2ccc(C#N)nc2)cc1NC1CC(N)C1. The molecule has 0 aromatic carbocycles. The second kappa shape index (κ2) is 7.11. The van der Waals surface area contributed by atoms with E-state index in [0.717, 1.165) is 12.8 Å². The predicted molar refractivity (Wildman–Crippen MR) is 92.3 cm³/mol. The first-order valence-electron chi connectivity index (χ1n) is 7.84. The van der Waals surface area contributed by atoms with Crippen LogP contribution in [0, 0.1) is 11.3 Å². The van der Waals surface area contributed by atoms with Crippen molar-refractivity contribution >= 4 is 23.1 Å². The second-order valence-electron chi connectivity index (χ2n) is 5.81. The van der Waals surface area contributed by atoms with Crippen molar-refractivity contribution in [3.63, 3.8) is 0 Å². The Balaban J connectivity index is 1.81. The van der Waals surface area contributed by atoms with Gasteiger partial charge in [-0.3, -0.25) is 4.79 Å². The van der Waals surface area contributed by atoms with E-state index in [-0.39, 0.29) is 23.7 Å². The standard InChI is InChI=1S/C16H18N8O/c1-19-16(25)15-13(21-12-4-9(18)5-12)6-14(23-24-15)22-11-3-2-10(7-17)20-8-11/h2-3,6,8-9,12H,4-5,18H2,1H3,(H,19,25)(H2,21,22,23). The summed E-state index contributed by atoms with van der Waals surface area (Å²) in [5.41, 5.74) is 7.63. The van der Waals surface area contributed by atoms with Crippen LogP contribution in [0.5, 0.6) is 0 Å². The summed E-state index contributed by atoms with van der Waals surface area (Å²) in [5.74, 6) is 0.149. The number of nitrogens with one attached hydrogen (secondary N) is 3. The van der Waals surface area contributed by atoms with Crippen molar-refractivity contribution in [2.24, 2.45) is 5.73 Å². The first kappa shape index (κ1) is 16.6. The number of amides is 1. The summed E-state index contributed by atoms with van der Waals surface area (Å²) < 4.78 is 0. The van der Waals surface area contributed by atoms with Crippen molar-refractivity contribution in [2.45, 2.75) is 24.9 Å². The maximum absolute atomic E-state index is 12.0. The highest BCUT2D eigenvalue weighted by atomic mass is 16.1. The van der Waals surface area contributed by atoms with Crippen molar-refractivity contribution < 1.29 is 4.79 Å². The van der Waals surface area contributed by atoms with E-state index >= 15 is 0 Å². The van der Waals surface area contributed by atoms with Gasteiger partial charge in [0.25, 0.3) is 5.91 Å². The molecule has 0 aliphatic heterocycles. The Morgan fingerprint density at radius 2 is 2.16 bits per heavy atom. The fraction of sp³-hybridized carbons (Fsp3) is 0.312. The average molecular weight is 338 g/mol. The van der Waals surface area contributed by atoms with Crippen LogP contribution in [0.2, 0.25) is 0 Å². The monoisotopic (exact) mass is 338 g/mol. The number of hydrogen-bond acceptors (Lipinski definition) is 8. The summed E-state index contributed by atoms with van der Waals surface area (Å²) in [6.07, 6.45) is 3.22. The van der Waals surface area contributed by atoms with Gasteiger partial charge in [-0.2, -0.15) is 5.26 Å². The van der Waals surface area contributed by atoms with Gasteiger partial charge in [0, 0.05) is 25.2 Å². The molecule has 1 fully saturated rings. The van der Waals surface area contributed by atoms with Crippen LogP contribution in [0.15, 0.2) is 24.4 Å². The molecule has 2 aromatic heterocycles. The molecule has 0 spiro atoms. The number of carbonyl (C=O) groups is 1. The Labute approximate surface area is 144 Å². The summed E-state index contributed by atoms with van der Waals surface area (Å²) in [7, 11) is 1.54. The molecule has 1 saturated carbocycles. The van der Waals surface area contributed by atoms with Crippen molar-refractivity contribution in [3.05, 3.63) is 35.8 Å². The number of aromatic nitrogens is 3. The molecular weight excluding hydrogens is 320 g/mol. The van der Waals surface area contributed by atoms with Crippen LogP contribution in [0.3, 0.4) is 0 Å². The first-order valence-corrected chi connectivity index (χ1v) is 7.84. The highest BCUT2D eigenvalue weighted by molar-refractivity contribution is 5.97. The Hall–Kier alpha value is -3.25. The molecule has 2 heterocycles. The number of hydrogen-bond donors (Lipinski definition) is 4. The zero-order valence-corrected chi connectivity index (χ0v) is 13.7. The second-order valence-corrected chi connectivity index (χ2v) is 5.81. The number of rotatable bonds is 5. The molecule has 0 atom stereocenters. The van der Waals surface area contributed by atoms with Crippen molar-refractivity contribution in [2.75, 3.05) is 17.7 Å². The van der Waals surface area contributed by atoms with Gasteiger partial charge in [-0.1, -0.05) is 0 Å². The van der Waals surface area contributed by atoms with E-state index in [1.807, 2.05) is 6.07 Å². The molecule has 0 saturated heterocycles. The van der Waals surface area contributed by atoms with Crippen LogP contribution in [0.25, 0.3) is 0 Å². The summed E-state index contributed by atoms with van der Waals surface area (Å²) >= 11 is 0. The van der Waals surface area contributed by atoms with Gasteiger partial charge in [0.15, 0.2) is 11.5 Å². The van der Waals surface area contributed by atoms with Gasteiger partial charge in [0.1, 0.15) is 11.8 Å². The van der Waals surface area contributed by atoms with Gasteiger partial charge in [0.2, 0.25) is 0 Å². The quantitative estimate of drug-likeness (QED) is 0.625. The molecule has 0 radical (unpaired) electrons. The molecule has 1 aliphatic rings. The van der Waals surface area contributed by atoms with Crippen molar-refractivity contribution in [1.82, 2.24) is 20.5 Å². The molecule has 128 valence electrons. The Kier molecular flexibility index (Phi) is 4.72. The minimum atomic E-state index is -0.315. The molecule has 9 heteroatoms. The van der Waals surface area contributed by atoms with Gasteiger partial charge in [0.05, 0.1) is 17.6 Å². The average Bonchev–Trinajstić information content (AvgIpc) is 2.61. The smallest absolute Gasteiger partial charge is 0.273 e. The van der Waals surface area contributed by atoms with E-state index in [2.05, 4.69) is 31.1 Å². The third kappa shape index (κ3) is 3.81. The number of nitrogens with zero attached hydrogens (tertiary/aromatic N) is 4. The van der Waals surface area contributed by atoms with Crippen molar-refractivity contribution in [3.8, 4) is 6.07 Å². The van der Waals surface area contributed by atoms with Crippen LogP contribution in [-0.2, 0) is 0 Å². The van der Waals surface area contributed by atoms with Gasteiger partial charge < -0.3 is 21.7 Å². The van der Waals surface area contributed by atoms with Crippen LogP contribution >= 0.6 is 0 Å². The maximum Gasteiger partial charge on any atom is 0.273 e. The van der Waals surface area contributed by atoms with Crippen LogP contribution < -0.4 is 21.7 Å². The topological polar surface area (TPSA) is 142 Å². The molecule has 1 amide bonds. The fourth-order valence-electron chi connectivity index (χ4n) is 2.53. The molecule has 3 rings (SSSR count). The highest BCUT2D eigenvalue weighted by Gasteiger charge is 2.27. The number of pyridine rings is 1. The molecule has 5 N–H and O–H groups in total. The van der Waals surface area contributed by atoms with E-state index in [9.17, 15) is 4.79 Å². The van der Waals surface area contributed by atoms with E-state index in [1.165, 1.54) is 6.20 Å². The lowest BCUT2D eigenvalue weighted by molar-refractivity contribution is 0.0958. The number of anilines is 3. The largest absolute Gasteiger partial charge is 0.380 e. The third-order valence-electron chi connectivity index (χ3n) is 3.92. The molecular formula is C16H18N8O. The number of carbonyl (C=O) groups excluding carboxylic acids is 1. The van der Waals surface area contributed by atoms with E-state index in [1.54, 1.807) is 25.2 Å². The van der Waals surface area contributed by atoms with Gasteiger partial charge in [-0.15, -0.1) is 10.2 Å². The van der Waals surface area contributed by atoms with E-state index < -0.39 is 0 Å². The van der Waals surface area contributed by atoms with Gasteiger partial charge in [-0.05, 0) is 25.0 Å². The van der Waals surface area contributed by atoms with E-state index in [0.29, 0.717) is 22.9 Å². The molecule has 0 bridgehead atoms. The van der Waals surface area contributed by atoms with Crippen LogP contribution in [0.4, 0.5) is 17.2 Å². The van der Waals surface area contributed by atoms with Gasteiger partial charge >= 0.3 is 0 Å². The maximum atomic E-state index is 12.0. The normalized spacial score (nSPS) is 18.6. The van der Waals surface area contributed by atoms with Gasteiger partial charge in [-0.25, -0.2) is 4.98 Å². The summed E-state index contributed by atoms with van der Waals surface area (Å²) in [4.78, 5) is 16.0. The minimum absolute atomic E-state index is 0.193. The van der Waals surface area contributed by atoms with Crippen LogP contribution in [0.1, 0.15) is 29.0 Å². The predicted octanol–water partition coefficient (Wildman–Crippen LogP) is 0.748. The van der Waals surface area contributed by atoms with Crippen LogP contribution in [-0.4, -0.2) is 40.2 Å². The Morgan fingerprint density at radius 3 is 2.76 bits per heavy atom. The number of nitriles is 1. The van der Waals surface area contributed by atoms with E-state index in [4.69, 9.17) is 11.0 Å². The summed E-state index contributed by atoms with van der Waals surface area (Å²) in [6.45, 7) is 0. The fourth-order valence-corrected chi connectivity index (χ4v) is 2.53. The lowest BCUT2D eigenvalue weighted by atomic mass is 9.87.